The number of rotatable bonds is 2. The van der Waals surface area contributed by atoms with Gasteiger partial charge in [-0.1, -0.05) is 100 Å². The summed E-state index contributed by atoms with van der Waals surface area (Å²) in [5.41, 5.74) is 16.3. The van der Waals surface area contributed by atoms with Gasteiger partial charge in [-0.2, -0.15) is 0 Å². The van der Waals surface area contributed by atoms with Crippen molar-refractivity contribution >= 4 is 78.0 Å². The van der Waals surface area contributed by atoms with Gasteiger partial charge in [0.05, 0.1) is 67.2 Å². The Morgan fingerprint density at radius 2 is 0.704 bits per heavy atom. The third-order valence-electron chi connectivity index (χ3n) is 11.9. The van der Waals surface area contributed by atoms with Gasteiger partial charge in [-0.15, -0.1) is 0 Å². The predicted octanol–water partition coefficient (Wildman–Crippen LogP) is 12.1. The van der Waals surface area contributed by atoms with Crippen LogP contribution in [0.25, 0.3) is 43.9 Å². The molecule has 0 spiro atoms. The summed E-state index contributed by atoms with van der Waals surface area (Å²) >= 11 is 0. The van der Waals surface area contributed by atoms with Crippen molar-refractivity contribution in [1.82, 2.24) is 19.9 Å². The molecule has 6 nitrogen and oxygen atoms in total. The number of nitrogens with zero attached hydrogens (tertiary/aromatic N) is 6. The fourth-order valence-electron chi connectivity index (χ4n) is 9.24. The summed E-state index contributed by atoms with van der Waals surface area (Å²) in [6.45, 7) is 9.33. The third kappa shape index (κ3) is 4.11. The quantitative estimate of drug-likeness (QED) is 0.132. The second kappa shape index (κ2) is 10.9. The molecule has 6 aromatic carbocycles. The largest absolute Gasteiger partial charge is 0.308 e. The van der Waals surface area contributed by atoms with Gasteiger partial charge in [0.2, 0.25) is 0 Å². The van der Waals surface area contributed by atoms with Crippen molar-refractivity contribution in [2.24, 2.45) is 0 Å². The van der Waals surface area contributed by atoms with E-state index in [2.05, 4.69) is 159 Å². The molecular formula is C48H36N6. The summed E-state index contributed by atoms with van der Waals surface area (Å²) in [6, 6.07) is 48.0. The highest BCUT2D eigenvalue weighted by molar-refractivity contribution is 6.21. The van der Waals surface area contributed by atoms with Crippen LogP contribution in [0, 0.1) is 0 Å². The highest BCUT2D eigenvalue weighted by Crippen LogP contribution is 2.58. The van der Waals surface area contributed by atoms with Crippen LogP contribution in [-0.2, 0) is 10.8 Å². The van der Waals surface area contributed by atoms with Crippen LogP contribution in [0.3, 0.4) is 0 Å². The van der Waals surface area contributed by atoms with Gasteiger partial charge in [0, 0.05) is 34.0 Å². The van der Waals surface area contributed by atoms with E-state index in [9.17, 15) is 0 Å². The average molecular weight is 697 g/mol. The lowest BCUT2D eigenvalue weighted by Gasteiger charge is -2.45. The van der Waals surface area contributed by atoms with Crippen molar-refractivity contribution in [2.75, 3.05) is 9.80 Å². The lowest BCUT2D eigenvalue weighted by molar-refractivity contribution is 0.630. The van der Waals surface area contributed by atoms with E-state index in [1.165, 1.54) is 22.3 Å². The Hall–Kier alpha value is -6.66. The Morgan fingerprint density at radius 3 is 1.06 bits per heavy atom. The van der Waals surface area contributed by atoms with E-state index in [-0.39, 0.29) is 10.8 Å². The molecule has 0 radical (unpaired) electrons. The Labute approximate surface area is 313 Å². The van der Waals surface area contributed by atoms with Crippen molar-refractivity contribution in [3.8, 4) is 0 Å². The maximum absolute atomic E-state index is 5.47. The first-order chi connectivity index (χ1) is 26.3. The van der Waals surface area contributed by atoms with Crippen molar-refractivity contribution in [2.45, 2.75) is 38.5 Å². The summed E-state index contributed by atoms with van der Waals surface area (Å²) in [6.07, 6.45) is 3.65. The molecule has 0 bridgehead atoms. The van der Waals surface area contributed by atoms with Gasteiger partial charge in [-0.25, -0.2) is 9.97 Å². The highest BCUT2D eigenvalue weighted by Gasteiger charge is 2.41. The van der Waals surface area contributed by atoms with E-state index in [4.69, 9.17) is 19.9 Å². The monoisotopic (exact) mass is 696 g/mol. The lowest BCUT2D eigenvalue weighted by Crippen LogP contribution is -2.33. The van der Waals surface area contributed by atoms with Crippen LogP contribution < -0.4 is 9.80 Å². The van der Waals surface area contributed by atoms with Gasteiger partial charge in [0.1, 0.15) is 0 Å². The summed E-state index contributed by atoms with van der Waals surface area (Å²) in [5, 5.41) is 1.88. The molecule has 2 aliphatic rings. The summed E-state index contributed by atoms with van der Waals surface area (Å²) in [7, 11) is 0. The molecule has 9 aromatic rings. The molecule has 0 unspecified atom stereocenters. The van der Waals surface area contributed by atoms with Crippen LogP contribution in [0.2, 0.25) is 0 Å². The SMILES string of the molecule is CC1(C)c2ccccc2N(c2cc3nc4c5cccnc5c5ncccc5c4nc3cc2N2c3ccccc3C(C)(C)c3ccccc32)c2ccccc21. The van der Waals surface area contributed by atoms with E-state index >= 15 is 0 Å². The van der Waals surface area contributed by atoms with Gasteiger partial charge in [-0.05, 0) is 82.9 Å². The topological polar surface area (TPSA) is 58.0 Å². The Kier molecular flexibility index (Phi) is 6.26. The first-order valence-corrected chi connectivity index (χ1v) is 18.6. The van der Waals surface area contributed by atoms with E-state index in [0.717, 1.165) is 78.0 Å². The number of para-hydroxylation sites is 4. The Morgan fingerprint density at radius 1 is 0.370 bits per heavy atom. The molecule has 0 fully saturated rings. The summed E-state index contributed by atoms with van der Waals surface area (Å²) in [5.74, 6) is 0. The molecule has 2 aliphatic heterocycles. The van der Waals surface area contributed by atoms with Crippen molar-refractivity contribution in [3.63, 3.8) is 0 Å². The highest BCUT2D eigenvalue weighted by atomic mass is 15.2. The molecule has 5 heterocycles. The molecule has 0 saturated carbocycles. The van der Waals surface area contributed by atoms with E-state index in [1.807, 2.05) is 24.5 Å². The van der Waals surface area contributed by atoms with Gasteiger partial charge < -0.3 is 9.80 Å². The standard InChI is InChI=1S/C48H36N6/c1-47(2)31-17-5-9-21-37(31)53(38-22-10-6-18-32(38)47)41-27-35-36(52-46-30-16-14-26-50-44(30)43-29(45(46)51-35)15-13-25-49-43)28-42(41)54-39-23-11-7-19-33(39)48(3,4)34-20-8-12-24-40(34)54/h5-28H,1-4H3. The minimum absolute atomic E-state index is 0.202. The molecule has 0 aliphatic carbocycles. The van der Waals surface area contributed by atoms with Crippen LogP contribution in [0.15, 0.2) is 146 Å². The normalized spacial score (nSPS) is 15.3. The molecule has 0 atom stereocenters. The minimum Gasteiger partial charge on any atom is -0.308 e. The zero-order valence-electron chi connectivity index (χ0n) is 30.5. The van der Waals surface area contributed by atoms with Crippen molar-refractivity contribution in [3.05, 3.63) is 168 Å². The maximum Gasteiger partial charge on any atom is 0.0996 e. The van der Waals surface area contributed by atoms with Crippen molar-refractivity contribution < 1.29 is 0 Å². The fourth-order valence-corrected chi connectivity index (χ4v) is 9.24. The molecule has 3 aromatic heterocycles. The molecular weight excluding hydrogens is 661 g/mol. The van der Waals surface area contributed by atoms with Crippen LogP contribution >= 0.6 is 0 Å². The first kappa shape index (κ1) is 30.9. The van der Waals surface area contributed by atoms with Gasteiger partial charge in [0.25, 0.3) is 0 Å². The Balaban J connectivity index is 1.30. The molecule has 6 heteroatoms. The molecule has 0 N–H and O–H groups in total. The maximum atomic E-state index is 5.47. The molecule has 0 saturated heterocycles. The van der Waals surface area contributed by atoms with Crippen LogP contribution in [-0.4, -0.2) is 19.9 Å². The minimum atomic E-state index is -0.202. The number of fused-ring (bicyclic) bond motifs is 11. The van der Waals surface area contributed by atoms with Gasteiger partial charge in [0.15, 0.2) is 0 Å². The lowest BCUT2D eigenvalue weighted by atomic mass is 9.73. The van der Waals surface area contributed by atoms with E-state index < -0.39 is 0 Å². The second-order valence-electron chi connectivity index (χ2n) is 15.5. The van der Waals surface area contributed by atoms with Crippen LogP contribution in [0.4, 0.5) is 34.1 Å². The van der Waals surface area contributed by atoms with E-state index in [1.54, 1.807) is 0 Å². The number of hydrogen-bond acceptors (Lipinski definition) is 6. The zero-order valence-corrected chi connectivity index (χ0v) is 30.5. The van der Waals surface area contributed by atoms with Crippen LogP contribution in [0.5, 0.6) is 0 Å². The zero-order chi connectivity index (χ0) is 36.3. The van der Waals surface area contributed by atoms with Gasteiger partial charge >= 0.3 is 0 Å². The number of anilines is 6. The summed E-state index contributed by atoms with van der Waals surface area (Å²) in [4.78, 5) is 25.4. The summed E-state index contributed by atoms with van der Waals surface area (Å²) < 4.78 is 0. The molecule has 258 valence electrons. The third-order valence-corrected chi connectivity index (χ3v) is 11.9. The van der Waals surface area contributed by atoms with E-state index in [0.29, 0.717) is 0 Å². The fraction of sp³-hybridized carbons (Fsp3) is 0.125. The number of aromatic nitrogens is 4. The first-order valence-electron chi connectivity index (χ1n) is 18.6. The molecule has 54 heavy (non-hydrogen) atoms. The molecule has 11 rings (SSSR count). The number of hydrogen-bond donors (Lipinski definition) is 0. The predicted molar refractivity (Wildman–Crippen MR) is 221 cm³/mol. The smallest absolute Gasteiger partial charge is 0.0996 e. The average Bonchev–Trinajstić information content (AvgIpc) is 3.21. The Bertz CT molecular complexity index is 2730. The van der Waals surface area contributed by atoms with Crippen LogP contribution in [0.1, 0.15) is 49.9 Å². The number of benzene rings is 6. The van der Waals surface area contributed by atoms with Gasteiger partial charge in [-0.3, -0.25) is 9.97 Å². The molecule has 0 amide bonds. The number of pyridine rings is 2. The second-order valence-corrected chi connectivity index (χ2v) is 15.5. The van der Waals surface area contributed by atoms with Crippen molar-refractivity contribution in [1.29, 1.82) is 0 Å².